The van der Waals surface area contributed by atoms with Crippen molar-refractivity contribution in [1.82, 2.24) is 5.32 Å². The third-order valence-corrected chi connectivity index (χ3v) is 4.06. The second-order valence-electron chi connectivity index (χ2n) is 5.62. The molecule has 0 saturated heterocycles. The van der Waals surface area contributed by atoms with Gasteiger partial charge in [0, 0.05) is 11.1 Å². The van der Waals surface area contributed by atoms with Crippen LogP contribution in [0.1, 0.15) is 24.5 Å². The van der Waals surface area contributed by atoms with Crippen LogP contribution in [0.15, 0.2) is 48.5 Å². The van der Waals surface area contributed by atoms with Gasteiger partial charge in [-0.15, -0.1) is 0 Å². The van der Waals surface area contributed by atoms with E-state index in [-0.39, 0.29) is 0 Å². The maximum absolute atomic E-state index is 6.00. The molecule has 118 valence electrons. The lowest BCUT2D eigenvalue weighted by Gasteiger charge is -2.14. The molecule has 0 bridgehead atoms. The van der Waals surface area contributed by atoms with Crippen molar-refractivity contribution in [2.24, 2.45) is 0 Å². The number of rotatable bonds is 8. The average Bonchev–Trinajstić information content (AvgIpc) is 2.53. The SMILES string of the molecule is COc1ccc(CC[C@@H](C)NCCc2cccc(Cl)c2)cc1. The monoisotopic (exact) mass is 317 g/mol. The Kier molecular flexibility index (Phi) is 6.75. The van der Waals surface area contributed by atoms with Crippen molar-refractivity contribution in [2.75, 3.05) is 13.7 Å². The van der Waals surface area contributed by atoms with Gasteiger partial charge in [0.05, 0.1) is 7.11 Å². The zero-order valence-corrected chi connectivity index (χ0v) is 14.1. The molecule has 0 fully saturated rings. The summed E-state index contributed by atoms with van der Waals surface area (Å²) >= 11 is 6.00. The first kappa shape index (κ1) is 16.9. The van der Waals surface area contributed by atoms with E-state index in [1.54, 1.807) is 7.11 Å². The van der Waals surface area contributed by atoms with Crippen LogP contribution in [-0.2, 0) is 12.8 Å². The maximum atomic E-state index is 6.00. The number of aryl methyl sites for hydroxylation is 1. The predicted octanol–water partition coefficient (Wildman–Crippen LogP) is 4.50. The molecule has 0 spiro atoms. The smallest absolute Gasteiger partial charge is 0.118 e. The minimum Gasteiger partial charge on any atom is -0.497 e. The maximum Gasteiger partial charge on any atom is 0.118 e. The van der Waals surface area contributed by atoms with E-state index in [9.17, 15) is 0 Å². The molecule has 0 unspecified atom stereocenters. The highest BCUT2D eigenvalue weighted by atomic mass is 35.5. The number of nitrogens with one attached hydrogen (secondary N) is 1. The van der Waals surface area contributed by atoms with Crippen molar-refractivity contribution in [2.45, 2.75) is 32.2 Å². The van der Waals surface area contributed by atoms with Crippen molar-refractivity contribution in [3.8, 4) is 5.75 Å². The van der Waals surface area contributed by atoms with E-state index in [2.05, 4.69) is 30.4 Å². The number of halogens is 1. The fraction of sp³-hybridized carbons (Fsp3) is 0.368. The zero-order chi connectivity index (χ0) is 15.8. The van der Waals surface area contributed by atoms with Crippen LogP contribution in [0.2, 0.25) is 5.02 Å². The van der Waals surface area contributed by atoms with E-state index in [0.29, 0.717) is 6.04 Å². The van der Waals surface area contributed by atoms with Gasteiger partial charge in [-0.3, -0.25) is 0 Å². The zero-order valence-electron chi connectivity index (χ0n) is 13.3. The third kappa shape index (κ3) is 5.70. The average molecular weight is 318 g/mol. The lowest BCUT2D eigenvalue weighted by molar-refractivity contribution is 0.414. The van der Waals surface area contributed by atoms with Crippen LogP contribution in [0.3, 0.4) is 0 Å². The highest BCUT2D eigenvalue weighted by Crippen LogP contribution is 2.13. The number of hydrogen-bond acceptors (Lipinski definition) is 2. The molecule has 2 nitrogen and oxygen atoms in total. The minimum absolute atomic E-state index is 0.501. The van der Waals surface area contributed by atoms with Crippen molar-refractivity contribution in [3.63, 3.8) is 0 Å². The highest BCUT2D eigenvalue weighted by Gasteiger charge is 2.03. The summed E-state index contributed by atoms with van der Waals surface area (Å²) in [7, 11) is 1.70. The Bertz CT molecular complexity index is 568. The first-order valence-electron chi connectivity index (χ1n) is 7.78. The molecular weight excluding hydrogens is 294 g/mol. The van der Waals surface area contributed by atoms with Crippen LogP contribution in [0, 0.1) is 0 Å². The molecule has 1 atom stereocenters. The molecular formula is C19H24ClNO. The summed E-state index contributed by atoms with van der Waals surface area (Å²) in [5, 5.41) is 4.39. The van der Waals surface area contributed by atoms with Crippen LogP contribution in [0.25, 0.3) is 0 Å². The van der Waals surface area contributed by atoms with E-state index in [1.165, 1.54) is 11.1 Å². The second kappa shape index (κ2) is 8.82. The first-order valence-corrected chi connectivity index (χ1v) is 8.16. The molecule has 0 saturated carbocycles. The van der Waals surface area contributed by atoms with Crippen molar-refractivity contribution < 1.29 is 4.74 Å². The number of ether oxygens (including phenoxy) is 1. The summed E-state index contributed by atoms with van der Waals surface area (Å²) in [4.78, 5) is 0. The molecule has 1 N–H and O–H groups in total. The van der Waals surface area contributed by atoms with E-state index in [4.69, 9.17) is 16.3 Å². The summed E-state index contributed by atoms with van der Waals surface area (Å²) in [6.45, 7) is 3.21. The second-order valence-corrected chi connectivity index (χ2v) is 6.06. The summed E-state index contributed by atoms with van der Waals surface area (Å²) in [6, 6.07) is 16.9. The molecule has 2 aromatic carbocycles. The Labute approximate surface area is 138 Å². The molecule has 0 aromatic heterocycles. The predicted molar refractivity (Wildman–Crippen MR) is 93.9 cm³/mol. The first-order chi connectivity index (χ1) is 10.7. The van der Waals surface area contributed by atoms with Crippen LogP contribution in [0.5, 0.6) is 5.75 Å². The van der Waals surface area contributed by atoms with Gasteiger partial charge < -0.3 is 10.1 Å². The number of methoxy groups -OCH3 is 1. The lowest BCUT2D eigenvalue weighted by atomic mass is 10.1. The fourth-order valence-electron chi connectivity index (χ4n) is 2.43. The molecule has 0 aliphatic carbocycles. The van der Waals surface area contributed by atoms with Gasteiger partial charge in [0.15, 0.2) is 0 Å². The van der Waals surface area contributed by atoms with Gasteiger partial charge in [0.25, 0.3) is 0 Å². The van der Waals surface area contributed by atoms with Gasteiger partial charge in [-0.05, 0) is 68.1 Å². The van der Waals surface area contributed by atoms with Crippen LogP contribution >= 0.6 is 11.6 Å². The summed E-state index contributed by atoms with van der Waals surface area (Å²) < 4.78 is 5.18. The molecule has 2 aromatic rings. The normalized spacial score (nSPS) is 12.1. The van der Waals surface area contributed by atoms with E-state index < -0.39 is 0 Å². The largest absolute Gasteiger partial charge is 0.497 e. The van der Waals surface area contributed by atoms with Gasteiger partial charge in [0.1, 0.15) is 5.75 Å². The highest BCUT2D eigenvalue weighted by molar-refractivity contribution is 6.30. The number of benzene rings is 2. The minimum atomic E-state index is 0.501. The van der Waals surface area contributed by atoms with Gasteiger partial charge >= 0.3 is 0 Å². The Hall–Kier alpha value is -1.51. The van der Waals surface area contributed by atoms with Crippen molar-refractivity contribution in [1.29, 1.82) is 0 Å². The standard InChI is InChI=1S/C19H24ClNO/c1-15(6-7-16-8-10-19(22-2)11-9-16)21-13-12-17-4-3-5-18(20)14-17/h3-5,8-11,14-15,21H,6-7,12-13H2,1-2H3/t15-/m1/s1. The summed E-state index contributed by atoms with van der Waals surface area (Å²) in [5.41, 5.74) is 2.63. The Morgan fingerprint density at radius 2 is 1.82 bits per heavy atom. The van der Waals surface area contributed by atoms with E-state index in [0.717, 1.165) is 36.6 Å². The van der Waals surface area contributed by atoms with Gasteiger partial charge in [-0.25, -0.2) is 0 Å². The Morgan fingerprint density at radius 3 is 2.50 bits per heavy atom. The summed E-state index contributed by atoms with van der Waals surface area (Å²) in [6.07, 6.45) is 3.21. The molecule has 0 radical (unpaired) electrons. The van der Waals surface area contributed by atoms with Gasteiger partial charge in [0.2, 0.25) is 0 Å². The van der Waals surface area contributed by atoms with Gasteiger partial charge in [-0.2, -0.15) is 0 Å². The van der Waals surface area contributed by atoms with Gasteiger partial charge in [-0.1, -0.05) is 35.9 Å². The Balaban J connectivity index is 1.68. The lowest BCUT2D eigenvalue weighted by Crippen LogP contribution is -2.28. The molecule has 2 rings (SSSR count). The molecule has 0 heterocycles. The van der Waals surface area contributed by atoms with Crippen LogP contribution in [0.4, 0.5) is 0 Å². The van der Waals surface area contributed by atoms with Crippen molar-refractivity contribution in [3.05, 3.63) is 64.7 Å². The summed E-state index contributed by atoms with van der Waals surface area (Å²) in [5.74, 6) is 0.913. The molecule has 0 aliphatic heterocycles. The molecule has 22 heavy (non-hydrogen) atoms. The molecule has 3 heteroatoms. The molecule has 0 aliphatic rings. The Morgan fingerprint density at radius 1 is 1.05 bits per heavy atom. The topological polar surface area (TPSA) is 21.3 Å². The van der Waals surface area contributed by atoms with E-state index in [1.807, 2.05) is 30.3 Å². The van der Waals surface area contributed by atoms with Crippen LogP contribution < -0.4 is 10.1 Å². The number of hydrogen-bond donors (Lipinski definition) is 1. The van der Waals surface area contributed by atoms with Crippen LogP contribution in [-0.4, -0.2) is 19.7 Å². The molecule has 0 amide bonds. The van der Waals surface area contributed by atoms with Crippen molar-refractivity contribution >= 4 is 11.6 Å². The van der Waals surface area contributed by atoms with E-state index >= 15 is 0 Å². The third-order valence-electron chi connectivity index (χ3n) is 3.82. The fourth-order valence-corrected chi connectivity index (χ4v) is 2.65. The quantitative estimate of drug-likeness (QED) is 0.774.